The van der Waals surface area contributed by atoms with E-state index in [0.29, 0.717) is 49.3 Å². The van der Waals surface area contributed by atoms with Crippen LogP contribution >= 0.6 is 15.9 Å². The maximum Gasteiger partial charge on any atom is 0.255 e. The molecule has 0 atom stereocenters. The number of phenols is 1. The standard InChI is InChI=1S/C21H24BrN3O4S/c22-18-8-7-16(30(28,29)25-9-3-4-10-25)15-17(18)21(27)24-13-11-23(12-14-24)19-5-1-2-6-20(19)26/h1-2,5-8,15,26H,3-4,9-14H2. The number of nitrogens with zero attached hydrogens (tertiary/aromatic N) is 3. The van der Waals surface area contributed by atoms with Gasteiger partial charge in [0.1, 0.15) is 5.75 Å². The Kier molecular flexibility index (Phi) is 6.04. The van der Waals surface area contributed by atoms with E-state index in [4.69, 9.17) is 0 Å². The highest BCUT2D eigenvalue weighted by atomic mass is 79.9. The van der Waals surface area contributed by atoms with Crippen molar-refractivity contribution in [2.75, 3.05) is 44.2 Å². The second kappa shape index (κ2) is 8.56. The van der Waals surface area contributed by atoms with Crippen molar-refractivity contribution in [1.29, 1.82) is 0 Å². The highest BCUT2D eigenvalue weighted by molar-refractivity contribution is 9.10. The molecule has 2 fully saturated rings. The number of carbonyl (C=O) groups excluding carboxylic acids is 1. The maximum atomic E-state index is 13.2. The molecule has 0 bridgehead atoms. The molecule has 2 aromatic rings. The van der Waals surface area contributed by atoms with Crippen LogP contribution in [-0.4, -0.2) is 67.9 Å². The number of carbonyl (C=O) groups is 1. The van der Waals surface area contributed by atoms with E-state index >= 15 is 0 Å². The van der Waals surface area contributed by atoms with Crippen molar-refractivity contribution in [1.82, 2.24) is 9.21 Å². The topological polar surface area (TPSA) is 81.2 Å². The molecule has 0 unspecified atom stereocenters. The summed E-state index contributed by atoms with van der Waals surface area (Å²) in [7, 11) is -3.59. The second-order valence-electron chi connectivity index (χ2n) is 7.52. The number of benzene rings is 2. The van der Waals surface area contributed by atoms with Crippen molar-refractivity contribution >= 4 is 37.5 Å². The molecule has 9 heteroatoms. The van der Waals surface area contributed by atoms with E-state index in [1.165, 1.54) is 10.4 Å². The van der Waals surface area contributed by atoms with Gasteiger partial charge in [0, 0.05) is 43.7 Å². The summed E-state index contributed by atoms with van der Waals surface area (Å²) in [6, 6.07) is 11.8. The first-order chi connectivity index (χ1) is 14.4. The zero-order chi connectivity index (χ0) is 21.3. The summed E-state index contributed by atoms with van der Waals surface area (Å²) in [6.07, 6.45) is 1.73. The summed E-state index contributed by atoms with van der Waals surface area (Å²) in [4.78, 5) is 17.1. The third-order valence-electron chi connectivity index (χ3n) is 5.66. The van der Waals surface area contributed by atoms with E-state index in [1.807, 2.05) is 17.0 Å². The lowest BCUT2D eigenvalue weighted by molar-refractivity contribution is 0.0745. The number of hydrogen-bond donors (Lipinski definition) is 1. The first kappa shape index (κ1) is 21.1. The van der Waals surface area contributed by atoms with Crippen LogP contribution in [-0.2, 0) is 10.0 Å². The molecule has 0 saturated carbocycles. The van der Waals surface area contributed by atoms with Crippen molar-refractivity contribution in [2.24, 2.45) is 0 Å². The highest BCUT2D eigenvalue weighted by Gasteiger charge is 2.30. The highest BCUT2D eigenvalue weighted by Crippen LogP contribution is 2.29. The van der Waals surface area contributed by atoms with Crippen LogP contribution in [0.15, 0.2) is 51.8 Å². The van der Waals surface area contributed by atoms with Gasteiger partial charge in [-0.05, 0) is 59.1 Å². The van der Waals surface area contributed by atoms with E-state index < -0.39 is 10.0 Å². The Morgan fingerprint density at radius 2 is 1.60 bits per heavy atom. The molecule has 160 valence electrons. The number of hydrogen-bond acceptors (Lipinski definition) is 5. The number of sulfonamides is 1. The Bertz CT molecular complexity index is 1050. The monoisotopic (exact) mass is 493 g/mol. The normalized spacial score (nSPS) is 18.0. The summed E-state index contributed by atoms with van der Waals surface area (Å²) in [6.45, 7) is 3.21. The number of phenolic OH excluding ortho intramolecular Hbond substituents is 1. The average molecular weight is 494 g/mol. The van der Waals surface area contributed by atoms with Crippen LogP contribution in [0.1, 0.15) is 23.2 Å². The van der Waals surface area contributed by atoms with E-state index in [0.717, 1.165) is 18.5 Å². The molecule has 0 aliphatic carbocycles. The van der Waals surface area contributed by atoms with E-state index in [9.17, 15) is 18.3 Å². The first-order valence-corrected chi connectivity index (χ1v) is 12.2. The Morgan fingerprint density at radius 1 is 0.933 bits per heavy atom. The van der Waals surface area contributed by atoms with Gasteiger partial charge in [0.2, 0.25) is 10.0 Å². The largest absolute Gasteiger partial charge is 0.506 e. The molecule has 2 aliphatic rings. The van der Waals surface area contributed by atoms with E-state index in [-0.39, 0.29) is 16.6 Å². The van der Waals surface area contributed by atoms with Crippen LogP contribution in [0.5, 0.6) is 5.75 Å². The number of anilines is 1. The predicted molar refractivity (Wildman–Crippen MR) is 118 cm³/mol. The Hall–Kier alpha value is -2.10. The van der Waals surface area contributed by atoms with Gasteiger partial charge >= 0.3 is 0 Å². The maximum absolute atomic E-state index is 13.2. The number of piperazine rings is 1. The van der Waals surface area contributed by atoms with Crippen LogP contribution < -0.4 is 4.90 Å². The fourth-order valence-electron chi connectivity index (χ4n) is 3.96. The molecule has 30 heavy (non-hydrogen) atoms. The molecular weight excluding hydrogens is 470 g/mol. The molecule has 0 radical (unpaired) electrons. The Morgan fingerprint density at radius 3 is 2.27 bits per heavy atom. The fourth-order valence-corrected chi connectivity index (χ4v) is 5.92. The third-order valence-corrected chi connectivity index (χ3v) is 8.25. The van der Waals surface area contributed by atoms with Crippen molar-refractivity contribution in [3.63, 3.8) is 0 Å². The molecule has 2 aliphatic heterocycles. The Balaban J connectivity index is 1.51. The minimum atomic E-state index is -3.59. The molecule has 2 saturated heterocycles. The number of aromatic hydroxyl groups is 1. The van der Waals surface area contributed by atoms with Gasteiger partial charge in [0.05, 0.1) is 16.1 Å². The average Bonchev–Trinajstić information content (AvgIpc) is 3.30. The van der Waals surface area contributed by atoms with Gasteiger partial charge in [-0.25, -0.2) is 8.42 Å². The quantitative estimate of drug-likeness (QED) is 0.707. The number of para-hydroxylation sites is 2. The summed E-state index contributed by atoms with van der Waals surface area (Å²) in [5, 5.41) is 10.1. The summed E-state index contributed by atoms with van der Waals surface area (Å²) >= 11 is 3.41. The lowest BCUT2D eigenvalue weighted by atomic mass is 10.1. The van der Waals surface area contributed by atoms with Crippen LogP contribution in [0.4, 0.5) is 5.69 Å². The second-order valence-corrected chi connectivity index (χ2v) is 10.3. The zero-order valence-electron chi connectivity index (χ0n) is 16.5. The fraction of sp³-hybridized carbons (Fsp3) is 0.381. The van der Waals surface area contributed by atoms with Crippen molar-refractivity contribution < 1.29 is 18.3 Å². The van der Waals surface area contributed by atoms with E-state index in [2.05, 4.69) is 15.9 Å². The molecule has 2 aromatic carbocycles. The van der Waals surface area contributed by atoms with Gasteiger partial charge in [-0.15, -0.1) is 0 Å². The van der Waals surface area contributed by atoms with Gasteiger partial charge in [-0.2, -0.15) is 4.31 Å². The van der Waals surface area contributed by atoms with E-state index in [1.54, 1.807) is 29.2 Å². The first-order valence-electron chi connectivity index (χ1n) is 10.00. The molecule has 1 amide bonds. The molecule has 0 aromatic heterocycles. The summed E-state index contributed by atoms with van der Waals surface area (Å²) in [5.74, 6) is 0.0251. The van der Waals surface area contributed by atoms with Crippen LogP contribution in [0.2, 0.25) is 0 Å². The van der Waals surface area contributed by atoms with Crippen LogP contribution in [0.3, 0.4) is 0 Å². The molecule has 1 N–H and O–H groups in total. The van der Waals surface area contributed by atoms with Gasteiger partial charge < -0.3 is 14.9 Å². The number of amides is 1. The zero-order valence-corrected chi connectivity index (χ0v) is 18.9. The third kappa shape index (κ3) is 4.06. The van der Waals surface area contributed by atoms with Gasteiger partial charge in [0.15, 0.2) is 0 Å². The molecule has 2 heterocycles. The molecular formula is C21H24BrN3O4S. The Labute approximate surface area is 185 Å². The number of halogens is 1. The number of rotatable bonds is 4. The molecule has 7 nitrogen and oxygen atoms in total. The minimum absolute atomic E-state index is 0.156. The van der Waals surface area contributed by atoms with Crippen molar-refractivity contribution in [2.45, 2.75) is 17.7 Å². The predicted octanol–water partition coefficient (Wildman–Crippen LogP) is 2.90. The summed E-state index contributed by atoms with van der Waals surface area (Å²) in [5.41, 5.74) is 1.11. The summed E-state index contributed by atoms with van der Waals surface area (Å²) < 4.78 is 27.8. The van der Waals surface area contributed by atoms with Crippen molar-refractivity contribution in [3.8, 4) is 5.75 Å². The lowest BCUT2D eigenvalue weighted by Crippen LogP contribution is -2.48. The van der Waals surface area contributed by atoms with Gasteiger partial charge in [-0.3, -0.25) is 4.79 Å². The lowest BCUT2D eigenvalue weighted by Gasteiger charge is -2.36. The van der Waals surface area contributed by atoms with Crippen molar-refractivity contribution in [3.05, 3.63) is 52.5 Å². The van der Waals surface area contributed by atoms with Gasteiger partial charge in [0.25, 0.3) is 5.91 Å². The molecule has 0 spiro atoms. The molecule has 4 rings (SSSR count). The van der Waals surface area contributed by atoms with Gasteiger partial charge in [-0.1, -0.05) is 12.1 Å². The minimum Gasteiger partial charge on any atom is -0.506 e. The smallest absolute Gasteiger partial charge is 0.255 e. The van der Waals surface area contributed by atoms with Crippen LogP contribution in [0, 0.1) is 0 Å². The SMILES string of the molecule is O=C(c1cc(S(=O)(=O)N2CCCC2)ccc1Br)N1CCN(c2ccccc2O)CC1. The van der Waals surface area contributed by atoms with Crippen LogP contribution in [0.25, 0.3) is 0 Å².